The van der Waals surface area contributed by atoms with Crippen molar-refractivity contribution >= 4 is 22.2 Å². The van der Waals surface area contributed by atoms with Gasteiger partial charge >= 0.3 is 0 Å². The number of benzene rings is 2. The molecule has 0 atom stereocenters. The number of aromatic hydroxyl groups is 1. The third-order valence-electron chi connectivity index (χ3n) is 5.72. The first-order valence-electron chi connectivity index (χ1n) is 10.0. The first-order valence-corrected chi connectivity index (χ1v) is 10.0. The van der Waals surface area contributed by atoms with Gasteiger partial charge in [0, 0.05) is 22.4 Å². The first kappa shape index (κ1) is 19.4. The number of anilines is 1. The Balaban J connectivity index is 1.72. The normalized spacial score (nSPS) is 21.2. The maximum absolute atomic E-state index is 10.7. The van der Waals surface area contributed by atoms with E-state index in [1.165, 1.54) is 0 Å². The van der Waals surface area contributed by atoms with Crippen molar-refractivity contribution in [2.24, 2.45) is 5.92 Å². The molecule has 1 aliphatic rings. The van der Waals surface area contributed by atoms with Gasteiger partial charge in [0.05, 0.1) is 5.60 Å². The number of aromatic nitrogens is 2. The highest BCUT2D eigenvalue weighted by atomic mass is 16.3. The molecule has 0 bridgehead atoms. The zero-order valence-corrected chi connectivity index (χ0v) is 17.1. The van der Waals surface area contributed by atoms with Crippen molar-refractivity contribution in [2.45, 2.75) is 45.3 Å². The fraction of sp³-hybridized carbons (Fsp3) is 0.333. The number of nitrogens with one attached hydrogen (secondary N) is 1. The van der Waals surface area contributed by atoms with Crippen LogP contribution in [0.3, 0.4) is 0 Å². The van der Waals surface area contributed by atoms with Crippen LogP contribution in [0, 0.1) is 5.92 Å². The third-order valence-corrected chi connectivity index (χ3v) is 5.72. The second-order valence-corrected chi connectivity index (χ2v) is 8.60. The molecule has 4 rings (SSSR count). The lowest BCUT2D eigenvalue weighted by molar-refractivity contribution is -0.0235. The fourth-order valence-corrected chi connectivity index (χ4v) is 3.97. The molecule has 3 aromatic rings. The van der Waals surface area contributed by atoms with Gasteiger partial charge < -0.3 is 15.5 Å². The van der Waals surface area contributed by atoms with Gasteiger partial charge in [-0.25, -0.2) is 0 Å². The highest BCUT2D eigenvalue weighted by Gasteiger charge is 2.38. The lowest BCUT2D eigenvalue weighted by Gasteiger charge is -2.41. The molecule has 0 amide bonds. The Morgan fingerprint density at radius 1 is 1.14 bits per heavy atom. The second kappa shape index (κ2) is 7.16. The lowest BCUT2D eigenvalue weighted by atomic mass is 9.77. The molecule has 1 fully saturated rings. The zero-order valence-electron chi connectivity index (χ0n) is 17.1. The van der Waals surface area contributed by atoms with Crippen LogP contribution in [0.1, 0.15) is 39.2 Å². The maximum Gasteiger partial charge on any atom is 0.156 e. The van der Waals surface area contributed by atoms with Crippen molar-refractivity contribution in [1.29, 1.82) is 0 Å². The quantitative estimate of drug-likeness (QED) is 0.572. The number of fused-ring (bicyclic) bond motifs is 1. The summed E-state index contributed by atoms with van der Waals surface area (Å²) in [6.07, 6.45) is 1.37. The van der Waals surface area contributed by atoms with Crippen LogP contribution < -0.4 is 5.32 Å². The van der Waals surface area contributed by atoms with Crippen LogP contribution in [-0.2, 0) is 0 Å². The van der Waals surface area contributed by atoms with Crippen molar-refractivity contribution in [1.82, 2.24) is 10.2 Å². The summed E-state index contributed by atoms with van der Waals surface area (Å²) in [5.41, 5.74) is 2.60. The molecule has 1 heterocycles. The van der Waals surface area contributed by atoms with Crippen molar-refractivity contribution in [2.75, 3.05) is 5.32 Å². The van der Waals surface area contributed by atoms with Crippen molar-refractivity contribution in [3.05, 3.63) is 54.6 Å². The molecule has 3 N–H and O–H groups in total. The summed E-state index contributed by atoms with van der Waals surface area (Å²) in [5.74, 6) is 1.17. The summed E-state index contributed by atoms with van der Waals surface area (Å²) in [5, 5.41) is 34.8. The predicted molar refractivity (Wildman–Crippen MR) is 118 cm³/mol. The van der Waals surface area contributed by atoms with E-state index >= 15 is 0 Å². The molecule has 5 nitrogen and oxygen atoms in total. The summed E-state index contributed by atoms with van der Waals surface area (Å²) < 4.78 is 0. The van der Waals surface area contributed by atoms with E-state index in [1.807, 2.05) is 43.3 Å². The topological polar surface area (TPSA) is 78.3 Å². The minimum Gasteiger partial charge on any atom is -0.507 e. The van der Waals surface area contributed by atoms with E-state index in [2.05, 4.69) is 35.9 Å². The molecule has 1 aromatic heterocycles. The van der Waals surface area contributed by atoms with Gasteiger partial charge in [0.25, 0.3) is 0 Å². The third kappa shape index (κ3) is 3.70. The molecule has 1 aliphatic carbocycles. The summed E-state index contributed by atoms with van der Waals surface area (Å²) in [4.78, 5) is 0. The summed E-state index contributed by atoms with van der Waals surface area (Å²) in [6, 6.07) is 13.7. The van der Waals surface area contributed by atoms with Gasteiger partial charge in [-0.3, -0.25) is 0 Å². The van der Waals surface area contributed by atoms with Crippen molar-refractivity contribution in [3.63, 3.8) is 0 Å². The molecule has 1 saturated carbocycles. The number of allylic oxidation sites excluding steroid dienone is 1. The van der Waals surface area contributed by atoms with E-state index < -0.39 is 5.60 Å². The Kier molecular flexibility index (Phi) is 4.79. The molecule has 0 radical (unpaired) electrons. The predicted octanol–water partition coefficient (Wildman–Crippen LogP) is 5.00. The van der Waals surface area contributed by atoms with E-state index in [0.29, 0.717) is 35.8 Å². The number of phenolic OH excluding ortho intramolecular Hbond substituents is 1. The molecule has 29 heavy (non-hydrogen) atoms. The number of nitrogens with zero attached hydrogens (tertiary/aromatic N) is 2. The van der Waals surface area contributed by atoms with Crippen LogP contribution in [0.2, 0.25) is 0 Å². The molecule has 150 valence electrons. The van der Waals surface area contributed by atoms with Crippen molar-refractivity contribution in [3.8, 4) is 17.0 Å². The average molecular weight is 389 g/mol. The number of rotatable bonds is 5. The van der Waals surface area contributed by atoms with Gasteiger partial charge in [-0.15, -0.1) is 10.2 Å². The van der Waals surface area contributed by atoms with Gasteiger partial charge in [0.15, 0.2) is 5.82 Å². The number of aliphatic hydroxyl groups is 1. The zero-order chi connectivity index (χ0) is 20.8. The summed E-state index contributed by atoms with van der Waals surface area (Å²) in [6.45, 7) is 10.1. The standard InChI is InChI=1S/C24H27N3O2/c1-14(2)15(3)16-9-10-20(21(28)11-16)22-18-7-5-6-8-19(18)23(27-26-22)25-17-12-24(4,29)13-17/h5-11,14,17,28-29H,3,12-13H2,1-2,4H3,(H,25,27). The van der Waals surface area contributed by atoms with E-state index in [4.69, 9.17) is 0 Å². The SMILES string of the molecule is C=C(c1ccc(-c2nnc(NC3CC(C)(O)C3)c3ccccc23)c(O)c1)C(C)C. The van der Waals surface area contributed by atoms with Crippen LogP contribution in [0.4, 0.5) is 5.82 Å². The van der Waals surface area contributed by atoms with Crippen LogP contribution in [0.25, 0.3) is 27.6 Å². The Bertz CT molecular complexity index is 1080. The highest BCUT2D eigenvalue weighted by molar-refractivity contribution is 6.01. The average Bonchev–Trinajstić information content (AvgIpc) is 2.66. The Morgan fingerprint density at radius 2 is 1.83 bits per heavy atom. The first-order chi connectivity index (χ1) is 13.7. The smallest absolute Gasteiger partial charge is 0.156 e. The highest BCUT2D eigenvalue weighted by Crippen LogP contribution is 2.38. The molecule has 0 saturated heterocycles. The Morgan fingerprint density at radius 3 is 2.45 bits per heavy atom. The molecular weight excluding hydrogens is 362 g/mol. The molecule has 0 unspecified atom stereocenters. The van der Waals surface area contributed by atoms with Crippen molar-refractivity contribution < 1.29 is 10.2 Å². The van der Waals surface area contributed by atoms with Gasteiger partial charge in [0.1, 0.15) is 11.4 Å². The molecular formula is C24H27N3O2. The molecule has 5 heteroatoms. The Hall–Kier alpha value is -2.92. The van der Waals surface area contributed by atoms with Crippen LogP contribution in [0.15, 0.2) is 49.0 Å². The summed E-state index contributed by atoms with van der Waals surface area (Å²) in [7, 11) is 0. The molecule has 0 spiro atoms. The monoisotopic (exact) mass is 389 g/mol. The number of hydrogen-bond donors (Lipinski definition) is 3. The second-order valence-electron chi connectivity index (χ2n) is 8.60. The fourth-order valence-electron chi connectivity index (χ4n) is 3.97. The van der Waals surface area contributed by atoms with Gasteiger partial charge in [-0.2, -0.15) is 0 Å². The Labute approximate surface area is 171 Å². The van der Waals surface area contributed by atoms with Crippen LogP contribution in [0.5, 0.6) is 5.75 Å². The molecule has 0 aliphatic heterocycles. The minimum absolute atomic E-state index is 0.166. The number of phenols is 1. The van der Waals surface area contributed by atoms with Crippen LogP contribution in [-0.4, -0.2) is 32.1 Å². The summed E-state index contributed by atoms with van der Waals surface area (Å²) >= 11 is 0. The minimum atomic E-state index is -0.603. The van der Waals surface area contributed by atoms with Gasteiger partial charge in [-0.05, 0) is 49.0 Å². The van der Waals surface area contributed by atoms with Gasteiger partial charge in [-0.1, -0.05) is 50.8 Å². The van der Waals surface area contributed by atoms with E-state index in [0.717, 1.165) is 21.9 Å². The van der Waals surface area contributed by atoms with E-state index in [1.54, 1.807) is 6.07 Å². The maximum atomic E-state index is 10.7. The van der Waals surface area contributed by atoms with Crippen LogP contribution >= 0.6 is 0 Å². The lowest BCUT2D eigenvalue weighted by Crippen LogP contribution is -2.48. The van der Waals surface area contributed by atoms with E-state index in [9.17, 15) is 10.2 Å². The van der Waals surface area contributed by atoms with Gasteiger partial charge in [0.2, 0.25) is 0 Å². The number of hydrogen-bond acceptors (Lipinski definition) is 5. The van der Waals surface area contributed by atoms with E-state index in [-0.39, 0.29) is 11.8 Å². The largest absolute Gasteiger partial charge is 0.507 e. The molecule has 2 aromatic carbocycles.